The molecule has 0 saturated carbocycles. The summed E-state index contributed by atoms with van der Waals surface area (Å²) in [5, 5.41) is 12.8. The first kappa shape index (κ1) is 23.3. The molecule has 0 radical (unpaired) electrons. The fourth-order valence-corrected chi connectivity index (χ4v) is 4.94. The lowest BCUT2D eigenvalue weighted by Crippen LogP contribution is -2.47. The molecular weight excluding hydrogens is 448 g/mol. The van der Waals surface area contributed by atoms with Crippen LogP contribution < -0.4 is 19.5 Å². The van der Waals surface area contributed by atoms with E-state index in [1.54, 1.807) is 25.3 Å². The molecule has 0 aliphatic carbocycles. The van der Waals surface area contributed by atoms with Crippen molar-refractivity contribution in [2.24, 2.45) is 0 Å². The SMILES string of the molecule is COc1ccc(CNC(=O)C[C@@H]2C[C@@H]3c4cc(NS(C)(=O)=O)ccc4O[C@@H]3[C@H](CO)O2)cc1. The predicted octanol–water partition coefficient (Wildman–Crippen LogP) is 1.77. The minimum atomic E-state index is -3.41. The van der Waals surface area contributed by atoms with Crippen molar-refractivity contribution in [3.63, 3.8) is 0 Å². The summed E-state index contributed by atoms with van der Waals surface area (Å²) in [6, 6.07) is 12.5. The van der Waals surface area contributed by atoms with Gasteiger partial charge in [-0.25, -0.2) is 8.42 Å². The number of ether oxygens (including phenoxy) is 3. The number of methoxy groups -OCH3 is 1. The number of anilines is 1. The molecule has 0 spiro atoms. The maximum atomic E-state index is 12.6. The molecule has 0 aromatic heterocycles. The molecule has 2 heterocycles. The number of aliphatic hydroxyl groups excluding tert-OH is 1. The van der Waals surface area contributed by atoms with E-state index in [0.29, 0.717) is 24.4 Å². The lowest BCUT2D eigenvalue weighted by Gasteiger charge is -2.37. The first-order valence-corrected chi connectivity index (χ1v) is 12.6. The van der Waals surface area contributed by atoms with Crippen molar-refractivity contribution < 1.29 is 32.5 Å². The topological polar surface area (TPSA) is 123 Å². The molecule has 4 rings (SSSR count). The molecule has 2 aromatic rings. The molecule has 10 heteroatoms. The van der Waals surface area contributed by atoms with Gasteiger partial charge in [-0.2, -0.15) is 0 Å². The second kappa shape index (κ2) is 9.58. The number of hydrogen-bond donors (Lipinski definition) is 3. The highest BCUT2D eigenvalue weighted by atomic mass is 32.2. The minimum Gasteiger partial charge on any atom is -0.497 e. The second-order valence-electron chi connectivity index (χ2n) is 8.36. The van der Waals surface area contributed by atoms with Crippen LogP contribution in [0.15, 0.2) is 42.5 Å². The van der Waals surface area contributed by atoms with Crippen LogP contribution in [0.1, 0.15) is 29.9 Å². The summed E-state index contributed by atoms with van der Waals surface area (Å²) in [6.07, 6.45) is 0.384. The average molecular weight is 477 g/mol. The zero-order valence-electron chi connectivity index (χ0n) is 18.5. The van der Waals surface area contributed by atoms with Gasteiger partial charge in [-0.3, -0.25) is 9.52 Å². The van der Waals surface area contributed by atoms with E-state index < -0.39 is 28.3 Å². The van der Waals surface area contributed by atoms with Crippen LogP contribution in [0.25, 0.3) is 0 Å². The minimum absolute atomic E-state index is 0.119. The molecular formula is C23H28N2O7S. The third-order valence-corrected chi connectivity index (χ3v) is 6.47. The van der Waals surface area contributed by atoms with Gasteiger partial charge in [0.2, 0.25) is 15.9 Å². The van der Waals surface area contributed by atoms with Crippen LogP contribution in [-0.2, 0) is 26.1 Å². The molecule has 4 atom stereocenters. The Morgan fingerprint density at radius 1 is 1.21 bits per heavy atom. The number of hydrogen-bond acceptors (Lipinski definition) is 7. The number of sulfonamides is 1. The molecule has 1 amide bonds. The Bertz CT molecular complexity index is 1100. The number of carbonyl (C=O) groups is 1. The van der Waals surface area contributed by atoms with Crippen LogP contribution in [0.4, 0.5) is 5.69 Å². The van der Waals surface area contributed by atoms with Crippen molar-refractivity contribution in [1.82, 2.24) is 5.32 Å². The van der Waals surface area contributed by atoms with Crippen molar-refractivity contribution in [1.29, 1.82) is 0 Å². The predicted molar refractivity (Wildman–Crippen MR) is 122 cm³/mol. The van der Waals surface area contributed by atoms with Gasteiger partial charge in [0.25, 0.3) is 0 Å². The van der Waals surface area contributed by atoms with E-state index in [4.69, 9.17) is 14.2 Å². The molecule has 2 aromatic carbocycles. The molecule has 2 aliphatic heterocycles. The van der Waals surface area contributed by atoms with Gasteiger partial charge in [0.05, 0.1) is 32.5 Å². The average Bonchev–Trinajstić information content (AvgIpc) is 3.14. The zero-order chi connectivity index (χ0) is 23.6. The molecule has 2 aliphatic rings. The van der Waals surface area contributed by atoms with Crippen molar-refractivity contribution in [3.8, 4) is 11.5 Å². The summed E-state index contributed by atoms with van der Waals surface area (Å²) >= 11 is 0. The highest BCUT2D eigenvalue weighted by molar-refractivity contribution is 7.92. The number of rotatable bonds is 8. The second-order valence-corrected chi connectivity index (χ2v) is 10.1. The van der Waals surface area contributed by atoms with Gasteiger partial charge in [0.1, 0.15) is 23.7 Å². The summed E-state index contributed by atoms with van der Waals surface area (Å²) in [7, 11) is -1.82. The smallest absolute Gasteiger partial charge is 0.229 e. The Hall–Kier alpha value is -2.82. The zero-order valence-corrected chi connectivity index (χ0v) is 19.3. The van der Waals surface area contributed by atoms with Crippen molar-refractivity contribution >= 4 is 21.6 Å². The summed E-state index contributed by atoms with van der Waals surface area (Å²) in [4.78, 5) is 12.6. The van der Waals surface area contributed by atoms with E-state index in [1.807, 2.05) is 24.3 Å². The lowest BCUT2D eigenvalue weighted by atomic mass is 9.84. The maximum Gasteiger partial charge on any atom is 0.229 e. The normalized spacial score (nSPS) is 23.7. The van der Waals surface area contributed by atoms with E-state index in [1.165, 1.54) is 0 Å². The summed E-state index contributed by atoms with van der Waals surface area (Å²) in [5.41, 5.74) is 2.24. The van der Waals surface area contributed by atoms with Gasteiger partial charge >= 0.3 is 0 Å². The van der Waals surface area contributed by atoms with Crippen LogP contribution in [-0.4, -0.2) is 57.7 Å². The van der Waals surface area contributed by atoms with Crippen LogP contribution in [0, 0.1) is 0 Å². The number of benzene rings is 2. The number of aliphatic hydroxyl groups is 1. The fourth-order valence-electron chi connectivity index (χ4n) is 4.39. The van der Waals surface area contributed by atoms with Crippen LogP contribution in [0.2, 0.25) is 0 Å². The number of amides is 1. The van der Waals surface area contributed by atoms with E-state index in [-0.39, 0.29) is 24.9 Å². The fraction of sp³-hybridized carbons (Fsp3) is 0.435. The van der Waals surface area contributed by atoms with Gasteiger partial charge in [0, 0.05) is 23.7 Å². The van der Waals surface area contributed by atoms with Gasteiger partial charge in [-0.1, -0.05) is 12.1 Å². The monoisotopic (exact) mass is 476 g/mol. The first-order chi connectivity index (χ1) is 15.8. The lowest BCUT2D eigenvalue weighted by molar-refractivity contribution is -0.142. The van der Waals surface area contributed by atoms with Gasteiger partial charge in [0.15, 0.2) is 0 Å². The Kier molecular flexibility index (Phi) is 6.78. The molecule has 1 saturated heterocycles. The van der Waals surface area contributed by atoms with E-state index in [9.17, 15) is 18.3 Å². The van der Waals surface area contributed by atoms with E-state index >= 15 is 0 Å². The summed E-state index contributed by atoms with van der Waals surface area (Å²) in [5.74, 6) is 1.11. The Balaban J connectivity index is 1.41. The van der Waals surface area contributed by atoms with Crippen LogP contribution in [0.3, 0.4) is 0 Å². The van der Waals surface area contributed by atoms with Crippen LogP contribution >= 0.6 is 0 Å². The van der Waals surface area contributed by atoms with Gasteiger partial charge in [-0.15, -0.1) is 0 Å². The Morgan fingerprint density at radius 3 is 2.64 bits per heavy atom. The van der Waals surface area contributed by atoms with E-state index in [2.05, 4.69) is 10.0 Å². The third kappa shape index (κ3) is 5.58. The Labute approximate surface area is 193 Å². The van der Waals surface area contributed by atoms with Crippen LogP contribution in [0.5, 0.6) is 11.5 Å². The van der Waals surface area contributed by atoms with Crippen molar-refractivity contribution in [3.05, 3.63) is 53.6 Å². The first-order valence-electron chi connectivity index (χ1n) is 10.7. The molecule has 1 fully saturated rings. The third-order valence-electron chi connectivity index (χ3n) is 5.86. The number of nitrogens with one attached hydrogen (secondary N) is 2. The number of carbonyl (C=O) groups excluding carboxylic acids is 1. The molecule has 9 nitrogen and oxygen atoms in total. The standard InChI is InChI=1S/C23H28N2O7S/c1-30-16-6-3-14(4-7-16)12-24-22(27)11-17-10-19-18-9-15(25-33(2,28)29)5-8-20(18)32-23(19)21(13-26)31-17/h3-9,17,19,21,23,25-26H,10-13H2,1-2H3,(H,24,27)/t17-,19+,21-,23-/m0/s1. The van der Waals surface area contributed by atoms with E-state index in [0.717, 1.165) is 23.1 Å². The van der Waals surface area contributed by atoms with Gasteiger partial charge < -0.3 is 24.6 Å². The molecule has 3 N–H and O–H groups in total. The summed E-state index contributed by atoms with van der Waals surface area (Å²) in [6.45, 7) is 0.144. The van der Waals surface area contributed by atoms with Crippen molar-refractivity contribution in [2.75, 3.05) is 24.7 Å². The highest BCUT2D eigenvalue weighted by Gasteiger charge is 2.46. The largest absolute Gasteiger partial charge is 0.497 e. The molecule has 0 unspecified atom stereocenters. The number of fused-ring (bicyclic) bond motifs is 3. The maximum absolute atomic E-state index is 12.6. The van der Waals surface area contributed by atoms with Gasteiger partial charge in [-0.05, 0) is 42.3 Å². The highest BCUT2D eigenvalue weighted by Crippen LogP contribution is 2.47. The molecule has 178 valence electrons. The molecule has 0 bridgehead atoms. The Morgan fingerprint density at radius 2 is 1.97 bits per heavy atom. The van der Waals surface area contributed by atoms with Crippen molar-refractivity contribution in [2.45, 2.75) is 43.6 Å². The summed E-state index contributed by atoms with van der Waals surface area (Å²) < 4.78 is 42.8. The quantitative estimate of drug-likeness (QED) is 0.531. The molecule has 33 heavy (non-hydrogen) atoms.